The molecule has 0 atom stereocenters. The molecule has 0 saturated heterocycles. The van der Waals surface area contributed by atoms with Gasteiger partial charge in [-0.05, 0) is 23.8 Å². The first-order valence-electron chi connectivity index (χ1n) is 4.59. The van der Waals surface area contributed by atoms with Crippen molar-refractivity contribution in [3.8, 4) is 11.1 Å². The maximum absolute atomic E-state index is 6.14. The standard InChI is InChI=1S/C12H5Cl5/c13-7-3-1-2-6(4-7)8-5-9(14)11(16)12(17)10(8)15/h1-5H. The predicted octanol–water partition coefficient (Wildman–Crippen LogP) is 6.62. The van der Waals surface area contributed by atoms with Crippen LogP contribution in [0.5, 0.6) is 0 Å². The summed E-state index contributed by atoms with van der Waals surface area (Å²) in [7, 11) is 0. The molecule has 0 fully saturated rings. The third-order valence-electron chi connectivity index (χ3n) is 2.24. The van der Waals surface area contributed by atoms with Gasteiger partial charge >= 0.3 is 0 Å². The Morgan fingerprint density at radius 1 is 0.706 bits per heavy atom. The highest BCUT2D eigenvalue weighted by atomic mass is 35.5. The normalized spacial score (nSPS) is 10.6. The Labute approximate surface area is 124 Å². The Morgan fingerprint density at radius 3 is 2.06 bits per heavy atom. The molecule has 0 radical (unpaired) electrons. The topological polar surface area (TPSA) is 0 Å². The Balaban J connectivity index is 2.68. The van der Waals surface area contributed by atoms with E-state index >= 15 is 0 Å². The van der Waals surface area contributed by atoms with Crippen molar-refractivity contribution in [2.45, 2.75) is 0 Å². The Morgan fingerprint density at radius 2 is 1.41 bits per heavy atom. The number of benzene rings is 2. The minimum absolute atomic E-state index is 0.246. The van der Waals surface area contributed by atoms with E-state index < -0.39 is 0 Å². The molecule has 0 aliphatic carbocycles. The second-order valence-electron chi connectivity index (χ2n) is 3.36. The Bertz CT molecular complexity index is 577. The van der Waals surface area contributed by atoms with E-state index in [1.807, 2.05) is 12.1 Å². The van der Waals surface area contributed by atoms with Crippen LogP contribution in [-0.4, -0.2) is 0 Å². The van der Waals surface area contributed by atoms with Crippen molar-refractivity contribution in [1.82, 2.24) is 0 Å². The smallest absolute Gasteiger partial charge is 0.0800 e. The van der Waals surface area contributed by atoms with Crippen LogP contribution < -0.4 is 0 Å². The molecule has 2 aromatic carbocycles. The molecule has 2 rings (SSSR count). The zero-order valence-electron chi connectivity index (χ0n) is 8.28. The van der Waals surface area contributed by atoms with Crippen molar-refractivity contribution in [2.75, 3.05) is 0 Å². The van der Waals surface area contributed by atoms with Gasteiger partial charge in [0.25, 0.3) is 0 Å². The average Bonchev–Trinajstić information content (AvgIpc) is 2.31. The molecule has 0 saturated carbocycles. The van der Waals surface area contributed by atoms with E-state index in [1.54, 1.807) is 18.2 Å². The largest absolute Gasteiger partial charge is 0.0843 e. The lowest BCUT2D eigenvalue weighted by Gasteiger charge is -2.09. The van der Waals surface area contributed by atoms with Crippen LogP contribution in [0.1, 0.15) is 0 Å². The van der Waals surface area contributed by atoms with Crippen molar-refractivity contribution in [2.24, 2.45) is 0 Å². The molecule has 2 aromatic rings. The van der Waals surface area contributed by atoms with Crippen LogP contribution in [-0.2, 0) is 0 Å². The van der Waals surface area contributed by atoms with Crippen LogP contribution in [0.15, 0.2) is 30.3 Å². The van der Waals surface area contributed by atoms with E-state index in [-0.39, 0.29) is 10.0 Å². The first-order chi connectivity index (χ1) is 8.00. The van der Waals surface area contributed by atoms with Gasteiger partial charge in [0.15, 0.2) is 0 Å². The summed E-state index contributed by atoms with van der Waals surface area (Å²) in [5.41, 5.74) is 1.54. The second kappa shape index (κ2) is 5.26. The van der Waals surface area contributed by atoms with Crippen molar-refractivity contribution in [3.63, 3.8) is 0 Å². The van der Waals surface area contributed by atoms with Gasteiger partial charge in [-0.3, -0.25) is 0 Å². The number of rotatable bonds is 1. The number of halogens is 5. The fraction of sp³-hybridized carbons (Fsp3) is 0. The zero-order valence-corrected chi connectivity index (χ0v) is 12.1. The molecule has 0 aliphatic rings. The fourth-order valence-electron chi connectivity index (χ4n) is 1.44. The van der Waals surface area contributed by atoms with Crippen LogP contribution in [0, 0.1) is 0 Å². The highest BCUT2D eigenvalue weighted by Crippen LogP contribution is 2.42. The average molecular weight is 326 g/mol. The molecule has 0 heterocycles. The highest BCUT2D eigenvalue weighted by Gasteiger charge is 2.14. The van der Waals surface area contributed by atoms with Crippen molar-refractivity contribution < 1.29 is 0 Å². The van der Waals surface area contributed by atoms with Gasteiger partial charge in [-0.25, -0.2) is 0 Å². The molecule has 5 heteroatoms. The summed E-state index contributed by atoms with van der Waals surface area (Å²) in [5.74, 6) is 0. The summed E-state index contributed by atoms with van der Waals surface area (Å²) < 4.78 is 0. The molecular weight excluding hydrogens is 321 g/mol. The van der Waals surface area contributed by atoms with Gasteiger partial charge in [0.2, 0.25) is 0 Å². The van der Waals surface area contributed by atoms with Crippen LogP contribution in [0.3, 0.4) is 0 Å². The van der Waals surface area contributed by atoms with E-state index in [0.29, 0.717) is 20.6 Å². The maximum atomic E-state index is 6.14. The number of hydrogen-bond donors (Lipinski definition) is 0. The summed E-state index contributed by atoms with van der Waals surface area (Å²) in [5, 5.41) is 1.83. The SMILES string of the molecule is Clc1cccc(-c2cc(Cl)c(Cl)c(Cl)c2Cl)c1. The monoisotopic (exact) mass is 324 g/mol. The predicted molar refractivity (Wildman–Crippen MR) is 76.9 cm³/mol. The third-order valence-corrected chi connectivity index (χ3v) is 4.22. The molecule has 17 heavy (non-hydrogen) atoms. The molecule has 0 aromatic heterocycles. The molecule has 0 spiro atoms. The fourth-order valence-corrected chi connectivity index (χ4v) is 2.54. The lowest BCUT2D eigenvalue weighted by atomic mass is 10.1. The summed E-state index contributed by atoms with van der Waals surface area (Å²) in [6, 6.07) is 8.92. The quantitative estimate of drug-likeness (QED) is 0.408. The zero-order chi connectivity index (χ0) is 12.6. The maximum Gasteiger partial charge on any atom is 0.0800 e. The number of hydrogen-bond acceptors (Lipinski definition) is 0. The molecule has 0 unspecified atom stereocenters. The first kappa shape index (κ1) is 13.3. The van der Waals surface area contributed by atoms with E-state index in [1.165, 1.54) is 0 Å². The van der Waals surface area contributed by atoms with Crippen LogP contribution in [0.25, 0.3) is 11.1 Å². The van der Waals surface area contributed by atoms with Gasteiger partial charge < -0.3 is 0 Å². The van der Waals surface area contributed by atoms with Gasteiger partial charge in [-0.15, -0.1) is 0 Å². The molecule has 0 nitrogen and oxygen atoms in total. The minimum atomic E-state index is 0.246. The second-order valence-corrected chi connectivity index (χ2v) is 5.34. The Kier molecular flexibility index (Phi) is 4.12. The molecule has 0 aliphatic heterocycles. The molecule has 0 N–H and O–H groups in total. The summed E-state index contributed by atoms with van der Waals surface area (Å²) in [6.07, 6.45) is 0. The van der Waals surface area contributed by atoms with Crippen LogP contribution >= 0.6 is 58.0 Å². The summed E-state index contributed by atoms with van der Waals surface area (Å²) in [4.78, 5) is 0. The van der Waals surface area contributed by atoms with Crippen molar-refractivity contribution in [3.05, 3.63) is 55.4 Å². The molecule has 88 valence electrons. The van der Waals surface area contributed by atoms with Gasteiger partial charge in [-0.2, -0.15) is 0 Å². The van der Waals surface area contributed by atoms with E-state index in [4.69, 9.17) is 58.0 Å². The van der Waals surface area contributed by atoms with Crippen LogP contribution in [0.4, 0.5) is 0 Å². The molecular formula is C12H5Cl5. The summed E-state index contributed by atoms with van der Waals surface area (Å²) in [6.45, 7) is 0. The van der Waals surface area contributed by atoms with Gasteiger partial charge in [0.05, 0.1) is 20.1 Å². The first-order valence-corrected chi connectivity index (χ1v) is 6.48. The lowest BCUT2D eigenvalue weighted by molar-refractivity contribution is 1.61. The van der Waals surface area contributed by atoms with E-state index in [9.17, 15) is 0 Å². The summed E-state index contributed by atoms with van der Waals surface area (Å²) >= 11 is 29.9. The minimum Gasteiger partial charge on any atom is -0.0843 e. The van der Waals surface area contributed by atoms with E-state index in [2.05, 4.69) is 0 Å². The van der Waals surface area contributed by atoms with Gasteiger partial charge in [-0.1, -0.05) is 70.1 Å². The third kappa shape index (κ3) is 2.67. The van der Waals surface area contributed by atoms with Gasteiger partial charge in [0.1, 0.15) is 0 Å². The molecule has 0 bridgehead atoms. The van der Waals surface area contributed by atoms with E-state index in [0.717, 1.165) is 5.56 Å². The van der Waals surface area contributed by atoms with Gasteiger partial charge in [0, 0.05) is 10.6 Å². The Hall–Kier alpha value is -0.110. The van der Waals surface area contributed by atoms with Crippen LogP contribution in [0.2, 0.25) is 25.1 Å². The lowest BCUT2D eigenvalue weighted by Crippen LogP contribution is -1.83. The van der Waals surface area contributed by atoms with Crippen molar-refractivity contribution >= 4 is 58.0 Å². The highest BCUT2D eigenvalue weighted by molar-refractivity contribution is 6.52. The molecule has 0 amide bonds. The van der Waals surface area contributed by atoms with Crippen molar-refractivity contribution in [1.29, 1.82) is 0 Å².